The van der Waals surface area contributed by atoms with E-state index < -0.39 is 12.0 Å². The Bertz CT molecular complexity index is 288. The predicted octanol–water partition coefficient (Wildman–Crippen LogP) is 0.704. The van der Waals surface area contributed by atoms with Crippen LogP contribution in [0.25, 0.3) is 0 Å². The molecule has 0 aromatic heterocycles. The van der Waals surface area contributed by atoms with Gasteiger partial charge in [-0.1, -0.05) is 37.8 Å². The van der Waals surface area contributed by atoms with Crippen LogP contribution in [0.5, 0.6) is 0 Å². The number of carbonyl (C=O) groups excluding carboxylic acids is 1. The number of unbranched alkanes of at least 4 members (excludes halogenated alkanes) is 8. The average molecular weight is 348 g/mol. The fourth-order valence-electron chi connectivity index (χ4n) is 2.56. The van der Waals surface area contributed by atoms with Crippen molar-refractivity contribution < 1.29 is 61.3 Å². The largest absolute Gasteiger partial charge is 1.00 e. The van der Waals surface area contributed by atoms with Gasteiger partial charge in [0, 0.05) is 6.04 Å². The SMILES string of the molecule is C=CCCCCCCN(CCCCCCC=C)C(C)C(=O)[O-].[K+]. The fraction of sp³-hybridized carbons (Fsp3) is 0.737. The summed E-state index contributed by atoms with van der Waals surface area (Å²) in [5.74, 6) is -0.960. The molecule has 0 saturated heterocycles. The third kappa shape index (κ3) is 15.8. The molecule has 1 atom stereocenters. The van der Waals surface area contributed by atoms with Crippen molar-refractivity contribution in [3.05, 3.63) is 25.3 Å². The van der Waals surface area contributed by atoms with Crippen molar-refractivity contribution in [3.63, 3.8) is 0 Å². The summed E-state index contributed by atoms with van der Waals surface area (Å²) in [5.41, 5.74) is 0. The molecule has 0 heterocycles. The molecule has 0 fully saturated rings. The minimum Gasteiger partial charge on any atom is -0.548 e. The molecule has 128 valence electrons. The number of carboxylic acid groups (broad SMARTS) is 1. The van der Waals surface area contributed by atoms with Gasteiger partial charge in [-0.25, -0.2) is 0 Å². The molecule has 0 aliphatic carbocycles. The Kier molecular flexibility index (Phi) is 21.2. The Balaban J connectivity index is 0. The van der Waals surface area contributed by atoms with E-state index >= 15 is 0 Å². The number of hydrogen-bond acceptors (Lipinski definition) is 3. The second-order valence-electron chi connectivity index (χ2n) is 6.01. The van der Waals surface area contributed by atoms with Crippen LogP contribution in [0.4, 0.5) is 0 Å². The summed E-state index contributed by atoms with van der Waals surface area (Å²) in [5, 5.41) is 11.1. The van der Waals surface area contributed by atoms with Crippen LogP contribution in [-0.2, 0) is 4.79 Å². The molecule has 0 aromatic rings. The Morgan fingerprint density at radius 1 is 0.913 bits per heavy atom. The van der Waals surface area contributed by atoms with Gasteiger partial charge in [0.2, 0.25) is 0 Å². The molecule has 4 heteroatoms. The zero-order valence-corrected chi connectivity index (χ0v) is 18.5. The molecule has 23 heavy (non-hydrogen) atoms. The molecule has 0 N–H and O–H groups in total. The summed E-state index contributed by atoms with van der Waals surface area (Å²) in [6.45, 7) is 10.9. The zero-order chi connectivity index (χ0) is 16.6. The Labute approximate surface area is 186 Å². The monoisotopic (exact) mass is 347 g/mol. The van der Waals surface area contributed by atoms with Gasteiger partial charge in [0.15, 0.2) is 0 Å². The van der Waals surface area contributed by atoms with E-state index in [1.54, 1.807) is 6.92 Å². The van der Waals surface area contributed by atoms with Gasteiger partial charge in [0.05, 0.1) is 5.97 Å². The number of nitrogens with zero attached hydrogens (tertiary/aromatic N) is 1. The van der Waals surface area contributed by atoms with Crippen molar-refractivity contribution in [2.24, 2.45) is 0 Å². The van der Waals surface area contributed by atoms with Gasteiger partial charge in [-0.2, -0.15) is 0 Å². The van der Waals surface area contributed by atoms with Crippen LogP contribution >= 0.6 is 0 Å². The molecule has 0 rings (SSSR count). The zero-order valence-electron chi connectivity index (χ0n) is 15.4. The molecule has 1 unspecified atom stereocenters. The van der Waals surface area contributed by atoms with E-state index in [9.17, 15) is 9.90 Å². The van der Waals surface area contributed by atoms with Crippen molar-refractivity contribution in [1.82, 2.24) is 4.90 Å². The molecule has 0 aliphatic heterocycles. The third-order valence-electron chi connectivity index (χ3n) is 4.10. The maximum atomic E-state index is 11.1. The van der Waals surface area contributed by atoms with Gasteiger partial charge in [-0.05, 0) is 58.5 Å². The number of hydrogen-bond donors (Lipinski definition) is 0. The first-order valence-corrected chi connectivity index (χ1v) is 8.80. The van der Waals surface area contributed by atoms with Crippen molar-refractivity contribution in [2.45, 2.75) is 77.2 Å². The van der Waals surface area contributed by atoms with Crippen LogP contribution in [0.1, 0.15) is 71.1 Å². The number of carboxylic acids is 1. The topological polar surface area (TPSA) is 43.4 Å². The molecule has 0 bridgehead atoms. The molecular formula is C19H34KNO2. The van der Waals surface area contributed by atoms with E-state index in [4.69, 9.17) is 0 Å². The van der Waals surface area contributed by atoms with Gasteiger partial charge in [-0.15, -0.1) is 13.2 Å². The maximum absolute atomic E-state index is 11.1. The standard InChI is InChI=1S/C19H35NO2.K/c1-4-6-8-10-12-14-16-20(18(3)19(21)22)17-15-13-11-9-7-5-2;/h4-5,18H,1-2,6-17H2,3H3,(H,21,22);/q;+1/p-1. The van der Waals surface area contributed by atoms with E-state index in [1.807, 2.05) is 12.2 Å². The van der Waals surface area contributed by atoms with E-state index in [-0.39, 0.29) is 51.4 Å². The summed E-state index contributed by atoms with van der Waals surface area (Å²) in [6.07, 6.45) is 15.2. The van der Waals surface area contributed by atoms with Crippen molar-refractivity contribution in [2.75, 3.05) is 13.1 Å². The molecule has 0 aliphatic rings. The van der Waals surface area contributed by atoms with Crippen LogP contribution in [0, 0.1) is 0 Å². The Hall–Kier alpha value is 0.546. The molecule has 0 amide bonds. The molecule has 0 saturated carbocycles. The maximum Gasteiger partial charge on any atom is 1.00 e. The van der Waals surface area contributed by atoms with Crippen molar-refractivity contribution in [3.8, 4) is 0 Å². The van der Waals surface area contributed by atoms with Crippen molar-refractivity contribution >= 4 is 5.97 Å². The number of carbonyl (C=O) groups is 1. The molecular weight excluding hydrogens is 313 g/mol. The van der Waals surface area contributed by atoms with E-state index in [2.05, 4.69) is 18.1 Å². The number of rotatable bonds is 16. The Morgan fingerprint density at radius 3 is 1.65 bits per heavy atom. The van der Waals surface area contributed by atoms with E-state index in [0.717, 1.165) is 51.6 Å². The smallest absolute Gasteiger partial charge is 0.548 e. The first-order valence-electron chi connectivity index (χ1n) is 8.80. The quantitative estimate of drug-likeness (QED) is 0.235. The van der Waals surface area contributed by atoms with Crippen LogP contribution in [0.3, 0.4) is 0 Å². The minimum atomic E-state index is -0.960. The fourth-order valence-corrected chi connectivity index (χ4v) is 2.56. The summed E-state index contributed by atoms with van der Waals surface area (Å²) < 4.78 is 0. The van der Waals surface area contributed by atoms with Crippen LogP contribution in [0.2, 0.25) is 0 Å². The predicted molar refractivity (Wildman–Crippen MR) is 92.6 cm³/mol. The van der Waals surface area contributed by atoms with Crippen LogP contribution in [0.15, 0.2) is 25.3 Å². The normalized spacial score (nSPS) is 11.7. The van der Waals surface area contributed by atoms with Gasteiger partial charge in [-0.3, -0.25) is 4.90 Å². The molecule has 0 radical (unpaired) electrons. The molecule has 0 aromatic carbocycles. The average Bonchev–Trinajstić information content (AvgIpc) is 2.51. The minimum absolute atomic E-state index is 0. The second kappa shape index (κ2) is 18.9. The number of allylic oxidation sites excluding steroid dienone is 2. The van der Waals surface area contributed by atoms with E-state index in [1.165, 1.54) is 25.7 Å². The first-order chi connectivity index (χ1) is 10.6. The number of aliphatic carboxylic acids is 1. The summed E-state index contributed by atoms with van der Waals surface area (Å²) >= 11 is 0. The van der Waals surface area contributed by atoms with Gasteiger partial charge in [0.25, 0.3) is 0 Å². The Morgan fingerprint density at radius 2 is 1.30 bits per heavy atom. The second-order valence-corrected chi connectivity index (χ2v) is 6.01. The third-order valence-corrected chi connectivity index (χ3v) is 4.10. The van der Waals surface area contributed by atoms with Crippen molar-refractivity contribution in [1.29, 1.82) is 0 Å². The molecule has 3 nitrogen and oxygen atoms in total. The van der Waals surface area contributed by atoms with Gasteiger partial charge < -0.3 is 9.90 Å². The van der Waals surface area contributed by atoms with Gasteiger partial charge in [0.1, 0.15) is 0 Å². The summed E-state index contributed by atoms with van der Waals surface area (Å²) in [7, 11) is 0. The summed E-state index contributed by atoms with van der Waals surface area (Å²) in [6, 6.07) is -0.485. The molecule has 0 spiro atoms. The van der Waals surface area contributed by atoms with Crippen LogP contribution < -0.4 is 56.5 Å². The van der Waals surface area contributed by atoms with Gasteiger partial charge >= 0.3 is 51.4 Å². The summed E-state index contributed by atoms with van der Waals surface area (Å²) in [4.78, 5) is 13.2. The van der Waals surface area contributed by atoms with Crippen LogP contribution in [-0.4, -0.2) is 30.0 Å². The van der Waals surface area contributed by atoms with E-state index in [0.29, 0.717) is 0 Å². The first kappa shape index (κ1) is 25.8.